The Morgan fingerprint density at radius 1 is 1.44 bits per heavy atom. The normalized spacial score (nSPS) is 12.4. The van der Waals surface area contributed by atoms with Crippen molar-refractivity contribution in [2.75, 3.05) is 6.61 Å². The lowest BCUT2D eigenvalue weighted by Gasteiger charge is -2.06. The van der Waals surface area contributed by atoms with Crippen LogP contribution in [0.3, 0.4) is 0 Å². The van der Waals surface area contributed by atoms with Crippen LogP contribution >= 0.6 is 0 Å². The smallest absolute Gasteiger partial charge is 0.377 e. The third-order valence-corrected chi connectivity index (χ3v) is 2.07. The summed E-state index contributed by atoms with van der Waals surface area (Å²) in [5.41, 5.74) is -0.766. The van der Waals surface area contributed by atoms with Gasteiger partial charge in [0.15, 0.2) is 5.69 Å². The highest BCUT2D eigenvalue weighted by Crippen LogP contribution is 2.31. The van der Waals surface area contributed by atoms with Crippen LogP contribution in [0.1, 0.15) is 38.1 Å². The number of ether oxygens (including phenoxy) is 1. The number of alkyl halides is 3. The monoisotopic (exact) mass is 236 g/mol. The Bertz CT molecular complexity index is 344. The van der Waals surface area contributed by atoms with E-state index in [2.05, 4.69) is 5.10 Å². The van der Waals surface area contributed by atoms with Crippen LogP contribution in [0.2, 0.25) is 0 Å². The maximum atomic E-state index is 12.6. The third kappa shape index (κ3) is 2.98. The Morgan fingerprint density at radius 3 is 2.50 bits per heavy atom. The molecule has 0 atom stereocenters. The van der Waals surface area contributed by atoms with E-state index in [0.29, 0.717) is 6.61 Å². The van der Waals surface area contributed by atoms with Crippen molar-refractivity contribution in [1.82, 2.24) is 9.78 Å². The zero-order chi connectivity index (χ0) is 12.3. The lowest BCUT2D eigenvalue weighted by atomic mass is 10.2. The second kappa shape index (κ2) is 4.86. The Hall–Kier alpha value is -1.04. The van der Waals surface area contributed by atoms with Gasteiger partial charge >= 0.3 is 6.18 Å². The van der Waals surface area contributed by atoms with Crippen LogP contribution in [0, 0.1) is 0 Å². The molecular formula is C10H15F3N2O. The summed E-state index contributed by atoms with van der Waals surface area (Å²) in [6, 6.07) is -0.100. The average Bonchev–Trinajstić information content (AvgIpc) is 2.57. The molecule has 92 valence electrons. The second-order valence-corrected chi connectivity index (χ2v) is 3.71. The Balaban J connectivity index is 3.03. The summed E-state index contributed by atoms with van der Waals surface area (Å²) >= 11 is 0. The lowest BCUT2D eigenvalue weighted by Crippen LogP contribution is -2.11. The topological polar surface area (TPSA) is 27.1 Å². The molecule has 0 radical (unpaired) electrons. The Kier molecular flexibility index (Phi) is 3.96. The van der Waals surface area contributed by atoms with E-state index >= 15 is 0 Å². The van der Waals surface area contributed by atoms with E-state index in [1.807, 2.05) is 0 Å². The van der Waals surface area contributed by atoms with Gasteiger partial charge in [-0.25, -0.2) is 0 Å². The highest BCUT2D eigenvalue weighted by Gasteiger charge is 2.37. The van der Waals surface area contributed by atoms with Crippen molar-refractivity contribution in [3.8, 4) is 0 Å². The summed E-state index contributed by atoms with van der Waals surface area (Å²) in [5.74, 6) is 0. The van der Waals surface area contributed by atoms with E-state index in [0.717, 1.165) is 0 Å². The maximum Gasteiger partial charge on any atom is 0.435 e. The summed E-state index contributed by atoms with van der Waals surface area (Å²) in [6.45, 7) is 5.61. The van der Waals surface area contributed by atoms with Crippen molar-refractivity contribution in [3.63, 3.8) is 0 Å². The predicted molar refractivity (Wildman–Crippen MR) is 52.9 cm³/mol. The van der Waals surface area contributed by atoms with Crippen molar-refractivity contribution >= 4 is 0 Å². The van der Waals surface area contributed by atoms with E-state index in [4.69, 9.17) is 4.74 Å². The minimum Gasteiger partial charge on any atom is -0.377 e. The molecule has 0 aromatic carbocycles. The van der Waals surface area contributed by atoms with Gasteiger partial charge in [0, 0.05) is 24.4 Å². The molecule has 1 heterocycles. The first-order valence-electron chi connectivity index (χ1n) is 5.09. The molecule has 0 amide bonds. The molecular weight excluding hydrogens is 221 g/mol. The molecule has 0 unspecified atom stereocenters. The van der Waals surface area contributed by atoms with E-state index < -0.39 is 11.9 Å². The molecule has 3 nitrogen and oxygen atoms in total. The van der Waals surface area contributed by atoms with Gasteiger partial charge < -0.3 is 4.74 Å². The van der Waals surface area contributed by atoms with E-state index in [1.54, 1.807) is 20.8 Å². The van der Waals surface area contributed by atoms with E-state index in [-0.39, 0.29) is 18.2 Å². The fourth-order valence-electron chi connectivity index (χ4n) is 1.25. The predicted octanol–water partition coefficient (Wildman–Crippen LogP) is 3.02. The molecule has 1 aromatic heterocycles. The number of rotatable bonds is 4. The van der Waals surface area contributed by atoms with Crippen molar-refractivity contribution in [2.45, 2.75) is 39.6 Å². The molecule has 0 aliphatic heterocycles. The first kappa shape index (κ1) is 13.0. The SMILES string of the molecule is CCOCc1cn(C(C)C)nc1C(F)(F)F. The minimum atomic E-state index is -4.42. The highest BCUT2D eigenvalue weighted by atomic mass is 19.4. The first-order valence-corrected chi connectivity index (χ1v) is 5.09. The second-order valence-electron chi connectivity index (χ2n) is 3.71. The van der Waals surface area contributed by atoms with Gasteiger partial charge in [0.05, 0.1) is 6.61 Å². The van der Waals surface area contributed by atoms with Gasteiger partial charge in [-0.15, -0.1) is 0 Å². The Labute approximate surface area is 92.2 Å². The van der Waals surface area contributed by atoms with Crippen molar-refractivity contribution in [2.24, 2.45) is 0 Å². The molecule has 1 rings (SSSR count). The summed E-state index contributed by atoms with van der Waals surface area (Å²) in [6.07, 6.45) is -3.03. The number of halogens is 3. The average molecular weight is 236 g/mol. The van der Waals surface area contributed by atoms with E-state index in [1.165, 1.54) is 10.9 Å². The van der Waals surface area contributed by atoms with Crippen LogP contribution in [0.5, 0.6) is 0 Å². The van der Waals surface area contributed by atoms with Crippen LogP contribution in [-0.2, 0) is 17.5 Å². The molecule has 0 spiro atoms. The minimum absolute atomic E-state index is 0.0575. The summed E-state index contributed by atoms with van der Waals surface area (Å²) in [7, 11) is 0. The van der Waals surface area contributed by atoms with Crippen molar-refractivity contribution in [3.05, 3.63) is 17.5 Å². The molecule has 1 aromatic rings. The van der Waals surface area contributed by atoms with Gasteiger partial charge in [-0.3, -0.25) is 4.68 Å². The van der Waals surface area contributed by atoms with Gasteiger partial charge in [-0.2, -0.15) is 18.3 Å². The van der Waals surface area contributed by atoms with Crippen LogP contribution < -0.4 is 0 Å². The van der Waals surface area contributed by atoms with Crippen LogP contribution in [-0.4, -0.2) is 16.4 Å². The van der Waals surface area contributed by atoms with Crippen molar-refractivity contribution in [1.29, 1.82) is 0 Å². The fraction of sp³-hybridized carbons (Fsp3) is 0.700. The molecule has 0 saturated carbocycles. The fourth-order valence-corrected chi connectivity index (χ4v) is 1.25. The standard InChI is InChI=1S/C10H15F3N2O/c1-4-16-6-8-5-15(7(2)3)14-9(8)10(11,12)13/h5,7H,4,6H2,1-3H3. The largest absolute Gasteiger partial charge is 0.435 e. The molecule has 6 heteroatoms. The van der Waals surface area contributed by atoms with Gasteiger partial charge in [0.25, 0.3) is 0 Å². The lowest BCUT2D eigenvalue weighted by molar-refractivity contribution is -0.142. The highest BCUT2D eigenvalue weighted by molar-refractivity contribution is 5.19. The molecule has 0 bridgehead atoms. The quantitative estimate of drug-likeness (QED) is 0.803. The van der Waals surface area contributed by atoms with Crippen LogP contribution in [0.25, 0.3) is 0 Å². The molecule has 16 heavy (non-hydrogen) atoms. The summed E-state index contributed by atoms with van der Waals surface area (Å²) in [5, 5.41) is 3.55. The number of nitrogens with zero attached hydrogens (tertiary/aromatic N) is 2. The Morgan fingerprint density at radius 2 is 2.06 bits per heavy atom. The molecule has 0 saturated heterocycles. The van der Waals surface area contributed by atoms with Crippen LogP contribution in [0.4, 0.5) is 13.2 Å². The zero-order valence-electron chi connectivity index (χ0n) is 9.51. The molecule has 0 aliphatic rings. The first-order chi connectivity index (χ1) is 7.36. The third-order valence-electron chi connectivity index (χ3n) is 2.07. The molecule has 0 aliphatic carbocycles. The summed E-state index contributed by atoms with van der Waals surface area (Å²) < 4.78 is 44.2. The van der Waals surface area contributed by atoms with Crippen LogP contribution in [0.15, 0.2) is 6.20 Å². The van der Waals surface area contributed by atoms with Gasteiger partial charge in [0.2, 0.25) is 0 Å². The maximum absolute atomic E-state index is 12.6. The number of hydrogen-bond donors (Lipinski definition) is 0. The number of aromatic nitrogens is 2. The molecule has 0 fully saturated rings. The summed E-state index contributed by atoms with van der Waals surface area (Å²) in [4.78, 5) is 0. The number of hydrogen-bond acceptors (Lipinski definition) is 2. The molecule has 0 N–H and O–H groups in total. The van der Waals surface area contributed by atoms with Gasteiger partial charge in [0.1, 0.15) is 0 Å². The van der Waals surface area contributed by atoms with Gasteiger partial charge in [-0.05, 0) is 20.8 Å². The van der Waals surface area contributed by atoms with Crippen molar-refractivity contribution < 1.29 is 17.9 Å². The zero-order valence-corrected chi connectivity index (χ0v) is 9.51. The van der Waals surface area contributed by atoms with E-state index in [9.17, 15) is 13.2 Å². The van der Waals surface area contributed by atoms with Gasteiger partial charge in [-0.1, -0.05) is 0 Å².